The van der Waals surface area contributed by atoms with E-state index in [1.807, 2.05) is 0 Å². The minimum atomic E-state index is -1.02. The Morgan fingerprint density at radius 2 is 1.38 bits per heavy atom. The van der Waals surface area contributed by atoms with Crippen LogP contribution in [0.1, 0.15) is 12.8 Å². The number of carboxylic acids is 1. The van der Waals surface area contributed by atoms with Gasteiger partial charge in [-0.25, -0.2) is 4.39 Å². The predicted molar refractivity (Wildman–Crippen MR) is 97.7 cm³/mol. The summed E-state index contributed by atoms with van der Waals surface area (Å²) in [6, 6.07) is 12.4. The number of rotatable bonds is 8. The van der Waals surface area contributed by atoms with E-state index in [2.05, 4.69) is 10.6 Å². The molecule has 2 amide bonds. The Morgan fingerprint density at radius 1 is 0.846 bits per heavy atom. The standard InChI is InChI=1S/C18H17FN2O4S/c19-12-1-3-13(4-2-12)21-17(23)11-26-15-7-5-14(6-8-15)20-16(22)9-10-18(24)25/h1-8H,9-11H2,(H,20,22)(H,21,23)(H,24,25). The monoisotopic (exact) mass is 376 g/mol. The van der Waals surface area contributed by atoms with Crippen LogP contribution in [0.2, 0.25) is 0 Å². The summed E-state index contributed by atoms with van der Waals surface area (Å²) in [7, 11) is 0. The number of carboxylic acid groups (broad SMARTS) is 1. The Morgan fingerprint density at radius 3 is 1.96 bits per heavy atom. The third kappa shape index (κ3) is 6.94. The van der Waals surface area contributed by atoms with Crippen LogP contribution in [0.25, 0.3) is 0 Å². The second kappa shape index (κ2) is 9.57. The van der Waals surface area contributed by atoms with Crippen molar-refractivity contribution < 1.29 is 23.9 Å². The van der Waals surface area contributed by atoms with Crippen LogP contribution >= 0.6 is 11.8 Å². The molecule has 0 aromatic heterocycles. The zero-order valence-electron chi connectivity index (χ0n) is 13.7. The van der Waals surface area contributed by atoms with Crippen LogP contribution in [0.4, 0.5) is 15.8 Å². The lowest BCUT2D eigenvalue weighted by Gasteiger charge is -2.07. The molecule has 0 spiro atoms. The lowest BCUT2D eigenvalue weighted by molar-refractivity contribution is -0.138. The third-order valence-corrected chi connectivity index (χ3v) is 4.21. The SMILES string of the molecule is O=C(O)CCC(=O)Nc1ccc(SCC(=O)Nc2ccc(F)cc2)cc1. The summed E-state index contributed by atoms with van der Waals surface area (Å²) in [6.07, 6.45) is -0.307. The second-order valence-corrected chi connectivity index (χ2v) is 6.36. The first-order valence-electron chi connectivity index (χ1n) is 7.72. The lowest BCUT2D eigenvalue weighted by atomic mass is 10.2. The molecule has 0 heterocycles. The van der Waals surface area contributed by atoms with Crippen LogP contribution < -0.4 is 10.6 Å². The molecule has 0 atom stereocenters. The molecule has 2 aromatic rings. The number of hydrogen-bond acceptors (Lipinski definition) is 4. The van der Waals surface area contributed by atoms with Crippen molar-refractivity contribution in [3.63, 3.8) is 0 Å². The number of benzene rings is 2. The van der Waals surface area contributed by atoms with Gasteiger partial charge in [0.15, 0.2) is 0 Å². The molecule has 0 unspecified atom stereocenters. The van der Waals surface area contributed by atoms with E-state index in [1.165, 1.54) is 36.0 Å². The van der Waals surface area contributed by atoms with E-state index in [1.54, 1.807) is 24.3 Å². The molecule has 0 radical (unpaired) electrons. The van der Waals surface area contributed by atoms with Gasteiger partial charge in [0.2, 0.25) is 11.8 Å². The fourth-order valence-corrected chi connectivity index (χ4v) is 2.66. The average molecular weight is 376 g/mol. The summed E-state index contributed by atoms with van der Waals surface area (Å²) in [4.78, 5) is 34.7. The summed E-state index contributed by atoms with van der Waals surface area (Å²) in [5.74, 6) is -1.79. The summed E-state index contributed by atoms with van der Waals surface area (Å²) < 4.78 is 12.8. The summed E-state index contributed by atoms with van der Waals surface area (Å²) in [5, 5.41) is 13.8. The maximum absolute atomic E-state index is 12.8. The highest BCUT2D eigenvalue weighted by atomic mass is 32.2. The molecular weight excluding hydrogens is 359 g/mol. The van der Waals surface area contributed by atoms with E-state index in [4.69, 9.17) is 5.11 Å². The van der Waals surface area contributed by atoms with Crippen molar-refractivity contribution in [2.24, 2.45) is 0 Å². The molecule has 26 heavy (non-hydrogen) atoms. The van der Waals surface area contributed by atoms with E-state index in [-0.39, 0.29) is 36.2 Å². The van der Waals surface area contributed by atoms with Crippen LogP contribution in [0.5, 0.6) is 0 Å². The van der Waals surface area contributed by atoms with Crippen molar-refractivity contribution in [3.8, 4) is 0 Å². The molecule has 8 heteroatoms. The van der Waals surface area contributed by atoms with Gasteiger partial charge >= 0.3 is 5.97 Å². The van der Waals surface area contributed by atoms with Crippen LogP contribution in [0, 0.1) is 5.82 Å². The van der Waals surface area contributed by atoms with Gasteiger partial charge in [-0.3, -0.25) is 14.4 Å². The predicted octanol–water partition coefficient (Wildman–Crippen LogP) is 3.36. The zero-order chi connectivity index (χ0) is 18.9. The summed E-state index contributed by atoms with van der Waals surface area (Å²) >= 11 is 1.32. The van der Waals surface area contributed by atoms with Crippen molar-refractivity contribution >= 4 is 40.9 Å². The second-order valence-electron chi connectivity index (χ2n) is 5.31. The molecule has 3 N–H and O–H groups in total. The van der Waals surface area contributed by atoms with Crippen molar-refractivity contribution in [2.75, 3.05) is 16.4 Å². The Kier molecular flexibility index (Phi) is 7.16. The quantitative estimate of drug-likeness (QED) is 0.614. The topological polar surface area (TPSA) is 95.5 Å². The highest BCUT2D eigenvalue weighted by Crippen LogP contribution is 2.21. The van der Waals surface area contributed by atoms with E-state index in [0.717, 1.165) is 4.90 Å². The third-order valence-electron chi connectivity index (χ3n) is 3.20. The lowest BCUT2D eigenvalue weighted by Crippen LogP contribution is -2.14. The number of halogens is 1. The van der Waals surface area contributed by atoms with Crippen molar-refractivity contribution in [2.45, 2.75) is 17.7 Å². The number of nitrogens with one attached hydrogen (secondary N) is 2. The zero-order valence-corrected chi connectivity index (χ0v) is 14.5. The molecule has 0 fully saturated rings. The molecule has 0 aliphatic carbocycles. The number of thioether (sulfide) groups is 1. The van der Waals surface area contributed by atoms with Gasteiger partial charge in [-0.05, 0) is 48.5 Å². The normalized spacial score (nSPS) is 10.2. The first-order chi connectivity index (χ1) is 12.4. The van der Waals surface area contributed by atoms with Gasteiger partial charge in [0.1, 0.15) is 5.82 Å². The number of amides is 2. The fourth-order valence-electron chi connectivity index (χ4n) is 1.96. The molecule has 0 saturated heterocycles. The maximum atomic E-state index is 12.8. The molecular formula is C18H17FN2O4S. The largest absolute Gasteiger partial charge is 0.481 e. The van der Waals surface area contributed by atoms with Gasteiger partial charge in [0, 0.05) is 22.7 Å². The molecule has 0 aliphatic rings. The van der Waals surface area contributed by atoms with Gasteiger partial charge in [0.05, 0.1) is 12.2 Å². The van der Waals surface area contributed by atoms with Gasteiger partial charge in [-0.2, -0.15) is 0 Å². The maximum Gasteiger partial charge on any atom is 0.303 e. The smallest absolute Gasteiger partial charge is 0.303 e. The molecule has 2 aromatic carbocycles. The van der Waals surface area contributed by atoms with Crippen molar-refractivity contribution in [1.82, 2.24) is 0 Å². The first kappa shape index (κ1) is 19.5. The van der Waals surface area contributed by atoms with E-state index < -0.39 is 5.97 Å². The minimum Gasteiger partial charge on any atom is -0.481 e. The Hall–Kier alpha value is -2.87. The van der Waals surface area contributed by atoms with Gasteiger partial charge < -0.3 is 15.7 Å². The van der Waals surface area contributed by atoms with Gasteiger partial charge in [-0.1, -0.05) is 0 Å². The van der Waals surface area contributed by atoms with Crippen molar-refractivity contribution in [3.05, 3.63) is 54.3 Å². The molecule has 6 nitrogen and oxygen atoms in total. The Balaban J connectivity index is 1.77. The highest BCUT2D eigenvalue weighted by Gasteiger charge is 2.07. The Bertz CT molecular complexity index is 779. The number of carbonyl (C=O) groups is 3. The fraction of sp³-hybridized carbons (Fsp3) is 0.167. The van der Waals surface area contributed by atoms with E-state index in [9.17, 15) is 18.8 Å². The highest BCUT2D eigenvalue weighted by molar-refractivity contribution is 8.00. The minimum absolute atomic E-state index is 0.0879. The van der Waals surface area contributed by atoms with Crippen LogP contribution in [-0.4, -0.2) is 28.6 Å². The molecule has 0 saturated carbocycles. The van der Waals surface area contributed by atoms with Crippen LogP contribution in [-0.2, 0) is 14.4 Å². The van der Waals surface area contributed by atoms with E-state index >= 15 is 0 Å². The first-order valence-corrected chi connectivity index (χ1v) is 8.71. The Labute approximate surface area is 153 Å². The van der Waals surface area contributed by atoms with Gasteiger partial charge in [0.25, 0.3) is 0 Å². The number of hydrogen-bond donors (Lipinski definition) is 3. The van der Waals surface area contributed by atoms with E-state index in [0.29, 0.717) is 11.4 Å². The van der Waals surface area contributed by atoms with Crippen molar-refractivity contribution in [1.29, 1.82) is 0 Å². The molecule has 0 aliphatic heterocycles. The number of carbonyl (C=O) groups excluding carboxylic acids is 2. The summed E-state index contributed by atoms with van der Waals surface area (Å²) in [6.45, 7) is 0. The van der Waals surface area contributed by atoms with Crippen LogP contribution in [0.15, 0.2) is 53.4 Å². The van der Waals surface area contributed by atoms with Crippen LogP contribution in [0.3, 0.4) is 0 Å². The number of aliphatic carboxylic acids is 1. The molecule has 0 bridgehead atoms. The summed E-state index contributed by atoms with van der Waals surface area (Å²) in [5.41, 5.74) is 1.08. The molecule has 2 rings (SSSR count). The van der Waals surface area contributed by atoms with Gasteiger partial charge in [-0.15, -0.1) is 11.8 Å². The number of anilines is 2. The average Bonchev–Trinajstić information content (AvgIpc) is 2.61. The molecule has 136 valence electrons.